The van der Waals surface area contributed by atoms with Crippen molar-refractivity contribution in [2.75, 3.05) is 17.6 Å². The van der Waals surface area contributed by atoms with Gasteiger partial charge in [0.2, 0.25) is 0 Å². The van der Waals surface area contributed by atoms with Gasteiger partial charge in [0.1, 0.15) is 5.82 Å². The van der Waals surface area contributed by atoms with Crippen molar-refractivity contribution in [3.8, 4) is 0 Å². The second-order valence-corrected chi connectivity index (χ2v) is 4.70. The highest BCUT2D eigenvalue weighted by Gasteiger charge is 2.15. The Bertz CT molecular complexity index is 513. The molecule has 0 aliphatic heterocycles. The molecule has 0 radical (unpaired) electrons. The molecule has 0 amide bonds. The predicted molar refractivity (Wildman–Crippen MR) is 67.8 cm³/mol. The number of fused-ring (bicyclic) bond motifs is 1. The minimum atomic E-state index is 0.518. The van der Waals surface area contributed by atoms with Gasteiger partial charge in [0.15, 0.2) is 11.5 Å². The van der Waals surface area contributed by atoms with Crippen LogP contribution in [-0.4, -0.2) is 20.9 Å². The molecule has 0 aromatic carbocycles. The van der Waals surface area contributed by atoms with Gasteiger partial charge in [0.05, 0.1) is 6.20 Å². The van der Waals surface area contributed by atoms with Gasteiger partial charge in [-0.25, -0.2) is 9.97 Å². The Kier molecular flexibility index (Phi) is 2.59. The number of nitrogens with zero attached hydrogens (tertiary/aromatic N) is 3. The van der Waals surface area contributed by atoms with E-state index in [1.165, 1.54) is 25.7 Å². The number of aromatic nitrogens is 3. The zero-order chi connectivity index (χ0) is 11.7. The Morgan fingerprint density at radius 2 is 2.24 bits per heavy atom. The van der Waals surface area contributed by atoms with Gasteiger partial charge in [-0.15, -0.1) is 0 Å². The zero-order valence-electron chi connectivity index (χ0n) is 9.76. The first-order valence-electron chi connectivity index (χ1n) is 6.16. The molecule has 0 spiro atoms. The monoisotopic (exact) mass is 231 g/mol. The van der Waals surface area contributed by atoms with Gasteiger partial charge >= 0.3 is 0 Å². The van der Waals surface area contributed by atoms with Crippen LogP contribution in [-0.2, 0) is 0 Å². The molecule has 0 unspecified atom stereocenters. The molecule has 0 atom stereocenters. The standard InChI is InChI=1S/C12H17N5/c13-10-8-17-6-5-14-12(17)11(16-10)15-7-9-3-1-2-4-9/h5-6,8-9H,1-4,7,13H2,(H,15,16). The van der Waals surface area contributed by atoms with Crippen LogP contribution in [0.4, 0.5) is 11.6 Å². The van der Waals surface area contributed by atoms with E-state index in [0.29, 0.717) is 5.82 Å². The van der Waals surface area contributed by atoms with Crippen molar-refractivity contribution in [2.45, 2.75) is 25.7 Å². The molecule has 5 nitrogen and oxygen atoms in total. The topological polar surface area (TPSA) is 68.2 Å². The highest BCUT2D eigenvalue weighted by molar-refractivity contribution is 5.64. The van der Waals surface area contributed by atoms with Gasteiger partial charge in [-0.3, -0.25) is 0 Å². The van der Waals surface area contributed by atoms with E-state index >= 15 is 0 Å². The van der Waals surface area contributed by atoms with E-state index < -0.39 is 0 Å². The molecular formula is C12H17N5. The molecule has 1 aliphatic carbocycles. The molecule has 17 heavy (non-hydrogen) atoms. The normalized spacial score (nSPS) is 16.7. The second-order valence-electron chi connectivity index (χ2n) is 4.70. The molecule has 0 saturated heterocycles. The van der Waals surface area contributed by atoms with Crippen molar-refractivity contribution in [3.63, 3.8) is 0 Å². The summed E-state index contributed by atoms with van der Waals surface area (Å²) in [5, 5.41) is 3.38. The number of imidazole rings is 1. The second kappa shape index (κ2) is 4.24. The summed E-state index contributed by atoms with van der Waals surface area (Å²) in [4.78, 5) is 8.61. The van der Waals surface area contributed by atoms with E-state index in [9.17, 15) is 0 Å². The number of nitrogen functional groups attached to an aromatic ring is 1. The molecular weight excluding hydrogens is 214 g/mol. The number of anilines is 2. The van der Waals surface area contributed by atoms with E-state index in [-0.39, 0.29) is 0 Å². The fourth-order valence-electron chi connectivity index (χ4n) is 2.53. The minimum Gasteiger partial charge on any atom is -0.382 e. The third kappa shape index (κ3) is 2.05. The number of nitrogens with two attached hydrogens (primary N) is 1. The first kappa shape index (κ1) is 10.4. The Hall–Kier alpha value is -1.78. The Morgan fingerprint density at radius 3 is 3.06 bits per heavy atom. The molecule has 5 heteroatoms. The van der Waals surface area contributed by atoms with E-state index in [4.69, 9.17) is 5.73 Å². The summed E-state index contributed by atoms with van der Waals surface area (Å²) in [6.45, 7) is 0.971. The maximum atomic E-state index is 5.77. The molecule has 2 aromatic heterocycles. The molecule has 2 heterocycles. The van der Waals surface area contributed by atoms with Gasteiger partial charge in [-0.05, 0) is 18.8 Å². The van der Waals surface area contributed by atoms with Crippen molar-refractivity contribution in [3.05, 3.63) is 18.6 Å². The molecule has 3 N–H and O–H groups in total. The minimum absolute atomic E-state index is 0.518. The third-order valence-corrected chi connectivity index (χ3v) is 3.43. The number of rotatable bonds is 3. The predicted octanol–water partition coefficient (Wildman–Crippen LogP) is 1.91. The lowest BCUT2D eigenvalue weighted by atomic mass is 10.1. The van der Waals surface area contributed by atoms with E-state index in [2.05, 4.69) is 15.3 Å². The van der Waals surface area contributed by atoms with Crippen molar-refractivity contribution in [1.82, 2.24) is 14.4 Å². The fraction of sp³-hybridized carbons (Fsp3) is 0.500. The summed E-state index contributed by atoms with van der Waals surface area (Å²) in [7, 11) is 0. The van der Waals surface area contributed by atoms with Crippen molar-refractivity contribution < 1.29 is 0 Å². The van der Waals surface area contributed by atoms with Crippen LogP contribution >= 0.6 is 0 Å². The van der Waals surface area contributed by atoms with Gasteiger partial charge < -0.3 is 15.5 Å². The lowest BCUT2D eigenvalue weighted by Crippen LogP contribution is -2.13. The maximum absolute atomic E-state index is 5.77. The average molecular weight is 231 g/mol. The lowest BCUT2D eigenvalue weighted by Gasteiger charge is -2.12. The molecule has 1 aliphatic rings. The Labute approximate surface area is 100 Å². The number of hydrogen-bond acceptors (Lipinski definition) is 4. The van der Waals surface area contributed by atoms with Crippen LogP contribution in [0.2, 0.25) is 0 Å². The van der Waals surface area contributed by atoms with Crippen molar-refractivity contribution >= 4 is 17.3 Å². The molecule has 3 rings (SSSR count). The summed E-state index contributed by atoms with van der Waals surface area (Å²) in [6, 6.07) is 0. The molecule has 1 fully saturated rings. The third-order valence-electron chi connectivity index (χ3n) is 3.43. The van der Waals surface area contributed by atoms with Crippen molar-refractivity contribution in [1.29, 1.82) is 0 Å². The highest BCUT2D eigenvalue weighted by Crippen LogP contribution is 2.25. The van der Waals surface area contributed by atoms with Gasteiger partial charge in [-0.1, -0.05) is 12.8 Å². The molecule has 2 aromatic rings. The zero-order valence-corrected chi connectivity index (χ0v) is 9.76. The summed E-state index contributed by atoms with van der Waals surface area (Å²) in [5.41, 5.74) is 6.61. The summed E-state index contributed by atoms with van der Waals surface area (Å²) in [5.74, 6) is 2.08. The van der Waals surface area contributed by atoms with Crippen molar-refractivity contribution in [2.24, 2.45) is 5.92 Å². The average Bonchev–Trinajstić information content (AvgIpc) is 2.95. The highest BCUT2D eigenvalue weighted by atomic mass is 15.1. The molecule has 90 valence electrons. The fourth-order valence-corrected chi connectivity index (χ4v) is 2.53. The SMILES string of the molecule is Nc1cn2ccnc2c(NCC2CCCC2)n1. The van der Waals surface area contributed by atoms with Gasteiger partial charge in [0, 0.05) is 18.9 Å². The Morgan fingerprint density at radius 1 is 1.41 bits per heavy atom. The van der Waals surface area contributed by atoms with E-state index in [1.807, 2.05) is 10.6 Å². The molecule has 1 saturated carbocycles. The number of hydrogen-bond donors (Lipinski definition) is 2. The van der Waals surface area contributed by atoms with E-state index in [0.717, 1.165) is 23.9 Å². The summed E-state index contributed by atoms with van der Waals surface area (Å²) >= 11 is 0. The van der Waals surface area contributed by atoms with Crippen LogP contribution in [0.5, 0.6) is 0 Å². The van der Waals surface area contributed by atoms with Gasteiger partial charge in [0.25, 0.3) is 0 Å². The Balaban J connectivity index is 1.81. The number of nitrogens with one attached hydrogen (secondary N) is 1. The molecule has 0 bridgehead atoms. The van der Waals surface area contributed by atoms with Gasteiger partial charge in [-0.2, -0.15) is 0 Å². The first-order valence-corrected chi connectivity index (χ1v) is 6.16. The van der Waals surface area contributed by atoms with E-state index in [1.54, 1.807) is 12.4 Å². The summed E-state index contributed by atoms with van der Waals surface area (Å²) in [6.07, 6.45) is 10.8. The van der Waals surface area contributed by atoms with Crippen LogP contribution in [0.1, 0.15) is 25.7 Å². The van der Waals surface area contributed by atoms with Crippen LogP contribution in [0.3, 0.4) is 0 Å². The van der Waals surface area contributed by atoms with Crippen LogP contribution in [0, 0.1) is 5.92 Å². The first-order chi connectivity index (χ1) is 8.33. The maximum Gasteiger partial charge on any atom is 0.180 e. The van der Waals surface area contributed by atoms with Crippen LogP contribution < -0.4 is 11.1 Å². The summed E-state index contributed by atoms with van der Waals surface area (Å²) < 4.78 is 1.90. The lowest BCUT2D eigenvalue weighted by molar-refractivity contribution is 0.579. The largest absolute Gasteiger partial charge is 0.382 e. The van der Waals surface area contributed by atoms with Crippen LogP contribution in [0.15, 0.2) is 18.6 Å². The van der Waals surface area contributed by atoms with Crippen LogP contribution in [0.25, 0.3) is 5.65 Å². The quantitative estimate of drug-likeness (QED) is 0.846. The smallest absolute Gasteiger partial charge is 0.180 e.